The molecule has 0 amide bonds. The Hall–Kier alpha value is -2.83. The van der Waals surface area contributed by atoms with Crippen LogP contribution in [-0.4, -0.2) is 68.8 Å². The fourth-order valence-electron chi connectivity index (χ4n) is 6.73. The van der Waals surface area contributed by atoms with Crippen molar-refractivity contribution >= 4 is 26.7 Å². The number of aliphatic carboxylic acids is 2. The molecule has 0 bridgehead atoms. The molecule has 4 atom stereocenters. The van der Waals surface area contributed by atoms with E-state index in [0.29, 0.717) is 11.1 Å². The van der Waals surface area contributed by atoms with E-state index in [2.05, 4.69) is 0 Å². The van der Waals surface area contributed by atoms with Crippen molar-refractivity contribution in [3.05, 3.63) is 117 Å². The van der Waals surface area contributed by atoms with Gasteiger partial charge in [-0.2, -0.15) is 0 Å². The van der Waals surface area contributed by atoms with Crippen molar-refractivity contribution in [2.75, 3.05) is 24.6 Å². The van der Waals surface area contributed by atoms with Crippen LogP contribution in [0.5, 0.6) is 0 Å². The molecule has 0 heterocycles. The zero-order valence-corrected chi connectivity index (χ0v) is 36.3. The zero-order chi connectivity index (χ0) is 42.1. The van der Waals surface area contributed by atoms with Crippen molar-refractivity contribution < 1.29 is 95.4 Å². The minimum Gasteiger partial charge on any atom is -0.550 e. The number of carboxylic acids is 2. The maximum Gasteiger partial charge on any atom is 1.00 e. The van der Waals surface area contributed by atoms with Gasteiger partial charge in [-0.3, -0.25) is 9.13 Å². The fourth-order valence-corrected chi connectivity index (χ4v) is 9.81. The van der Waals surface area contributed by atoms with E-state index < -0.39 is 64.0 Å². The third-order valence-electron chi connectivity index (χ3n) is 9.39. The van der Waals surface area contributed by atoms with Crippen LogP contribution in [0, 0.1) is 53.2 Å². The second-order valence-electron chi connectivity index (χ2n) is 14.6. The predicted octanol–water partition coefficient (Wildman–Crippen LogP) is -0.528. The summed E-state index contributed by atoms with van der Waals surface area (Å²) in [5, 5.41) is 40.4. The molecule has 304 valence electrons. The number of carboxylic acid groups (broad SMARTS) is 2. The summed E-state index contributed by atoms with van der Waals surface area (Å²) >= 11 is 0. The third-order valence-corrected chi connectivity index (χ3v) is 13.2. The molecule has 4 aromatic rings. The Morgan fingerprint density at radius 1 is 0.586 bits per heavy atom. The Morgan fingerprint density at radius 2 is 0.914 bits per heavy atom. The standard InChI is InChI=1S/2C21H26FO5P.2Li/c2*1-13-8-14(2)18(6-7-28(26,27)12-17(23)11-21(24)25)19(9-13)16-4-5-20(22)15(3)10-16;;/h2*4-5,8-10,17,23H,6-7,11-12H2,1-3H3,(H,24,25)(H,26,27);;/q;;2*+1/p-2/t2*17-;;/m00../s1. The normalized spacial score (nSPS) is 14.0. The molecule has 0 saturated heterocycles. The molecule has 2 unspecified atom stereocenters. The molecular formula is C42H50F2Li2O10P2. The molecule has 0 aliphatic carbocycles. The van der Waals surface area contributed by atoms with Gasteiger partial charge in [-0.15, -0.1) is 0 Å². The molecule has 0 fully saturated rings. The van der Waals surface area contributed by atoms with Gasteiger partial charge in [-0.25, -0.2) is 8.78 Å². The summed E-state index contributed by atoms with van der Waals surface area (Å²) < 4.78 is 52.2. The van der Waals surface area contributed by atoms with Crippen molar-refractivity contribution in [2.45, 2.75) is 79.4 Å². The number of carbonyl (C=O) groups is 2. The summed E-state index contributed by atoms with van der Waals surface area (Å²) in [6.45, 7) is 11.1. The van der Waals surface area contributed by atoms with E-state index in [0.717, 1.165) is 55.6 Å². The molecule has 0 aliphatic heterocycles. The van der Waals surface area contributed by atoms with Gasteiger partial charge in [0.1, 0.15) is 11.6 Å². The second kappa shape index (κ2) is 23.2. The van der Waals surface area contributed by atoms with Crippen LogP contribution in [0.15, 0.2) is 60.7 Å². The number of aliphatic hydroxyl groups excluding tert-OH is 2. The van der Waals surface area contributed by atoms with Crippen LogP contribution in [0.4, 0.5) is 8.78 Å². The number of halogens is 2. The zero-order valence-electron chi connectivity index (χ0n) is 34.5. The Kier molecular flexibility index (Phi) is 21.3. The number of rotatable bonds is 16. The van der Waals surface area contributed by atoms with Gasteiger partial charge in [0.05, 0.1) is 24.5 Å². The summed E-state index contributed by atoms with van der Waals surface area (Å²) in [6.07, 6.45) is -4.77. The van der Waals surface area contributed by atoms with Crippen LogP contribution in [0.3, 0.4) is 0 Å². The molecule has 4 rings (SSSR count). The number of carbonyl (C=O) groups excluding carboxylic acids is 2. The van der Waals surface area contributed by atoms with Crippen LogP contribution in [-0.2, 0) is 31.6 Å². The molecule has 4 aromatic carbocycles. The maximum atomic E-state index is 13.6. The first kappa shape index (κ1) is 53.2. The van der Waals surface area contributed by atoms with Gasteiger partial charge < -0.3 is 39.8 Å². The van der Waals surface area contributed by atoms with E-state index in [1.807, 2.05) is 52.0 Å². The van der Waals surface area contributed by atoms with Crippen molar-refractivity contribution in [3.63, 3.8) is 0 Å². The molecule has 4 N–H and O–H groups in total. The molecular weight excluding hydrogens is 778 g/mol. The number of benzene rings is 4. The van der Waals surface area contributed by atoms with Crippen LogP contribution in [0.25, 0.3) is 22.3 Å². The second-order valence-corrected chi connectivity index (χ2v) is 19.6. The first-order valence-corrected chi connectivity index (χ1v) is 22.1. The summed E-state index contributed by atoms with van der Waals surface area (Å²) in [5.74, 6) is -3.51. The fraction of sp³-hybridized carbons (Fsp3) is 0.381. The topological polar surface area (TPSA) is 195 Å². The predicted molar refractivity (Wildman–Crippen MR) is 210 cm³/mol. The van der Waals surface area contributed by atoms with Crippen LogP contribution in [0.1, 0.15) is 57.3 Å². The van der Waals surface area contributed by atoms with Crippen LogP contribution >= 0.6 is 14.7 Å². The number of aryl methyl sites for hydroxylation is 6. The van der Waals surface area contributed by atoms with Crippen LogP contribution in [0.2, 0.25) is 0 Å². The van der Waals surface area contributed by atoms with Gasteiger partial charge >= 0.3 is 37.7 Å². The Labute approximate surface area is 363 Å². The van der Waals surface area contributed by atoms with Gasteiger partial charge in [-0.05, 0) is 134 Å². The smallest absolute Gasteiger partial charge is 0.550 e. The van der Waals surface area contributed by atoms with Gasteiger partial charge in [0, 0.05) is 37.1 Å². The van der Waals surface area contributed by atoms with Crippen molar-refractivity contribution in [2.24, 2.45) is 0 Å². The maximum absolute atomic E-state index is 13.6. The molecule has 0 aromatic heterocycles. The van der Waals surface area contributed by atoms with Crippen molar-refractivity contribution in [1.29, 1.82) is 0 Å². The van der Waals surface area contributed by atoms with Gasteiger partial charge in [0.25, 0.3) is 0 Å². The van der Waals surface area contributed by atoms with E-state index in [1.165, 1.54) is 12.1 Å². The Bertz CT molecular complexity index is 2010. The average Bonchev–Trinajstić information content (AvgIpc) is 3.04. The first-order chi connectivity index (χ1) is 26.0. The molecule has 0 aliphatic rings. The van der Waals surface area contributed by atoms with E-state index in [-0.39, 0.29) is 74.5 Å². The molecule has 10 nitrogen and oxygen atoms in total. The van der Waals surface area contributed by atoms with Crippen molar-refractivity contribution in [3.8, 4) is 22.3 Å². The molecule has 0 saturated carbocycles. The largest absolute Gasteiger partial charge is 1.00 e. The summed E-state index contributed by atoms with van der Waals surface area (Å²) in [5.41, 5.74) is 10.1. The van der Waals surface area contributed by atoms with E-state index in [1.54, 1.807) is 38.1 Å². The molecule has 58 heavy (non-hydrogen) atoms. The molecule has 0 spiro atoms. The first-order valence-electron chi connectivity index (χ1n) is 18.1. The quantitative estimate of drug-likeness (QED) is 0.0843. The number of hydrogen-bond acceptors (Lipinski definition) is 8. The minimum atomic E-state index is -3.73. The Balaban J connectivity index is 0.000000561. The van der Waals surface area contributed by atoms with Crippen molar-refractivity contribution in [1.82, 2.24) is 0 Å². The van der Waals surface area contributed by atoms with Gasteiger partial charge in [0.15, 0.2) is 0 Å². The summed E-state index contributed by atoms with van der Waals surface area (Å²) in [7, 11) is -7.46. The number of hydrogen-bond donors (Lipinski definition) is 4. The molecule has 0 radical (unpaired) electrons. The summed E-state index contributed by atoms with van der Waals surface area (Å²) in [6, 6.07) is 17.5. The van der Waals surface area contributed by atoms with E-state index >= 15 is 0 Å². The van der Waals surface area contributed by atoms with Gasteiger partial charge in [0.2, 0.25) is 14.7 Å². The molecule has 16 heteroatoms. The number of aliphatic hydroxyl groups is 2. The summed E-state index contributed by atoms with van der Waals surface area (Å²) in [4.78, 5) is 41.4. The minimum absolute atomic E-state index is 0. The van der Waals surface area contributed by atoms with Gasteiger partial charge in [-0.1, -0.05) is 47.5 Å². The monoisotopic (exact) mass is 828 g/mol. The van der Waals surface area contributed by atoms with E-state index in [9.17, 15) is 57.7 Å². The average molecular weight is 829 g/mol. The van der Waals surface area contributed by atoms with E-state index in [4.69, 9.17) is 0 Å². The Morgan fingerprint density at radius 3 is 1.21 bits per heavy atom. The SMILES string of the molecule is Cc1cc(C)c(CCP(=O)(O)C[C@@H](O)CC(=O)[O-])c(-c2ccc(F)c(C)c2)c1.Cc1cc(C)c(CCP(=O)(O)C[C@@H](O)CC(=O)[O-])c(-c2ccc(F)c(C)c2)c1.[Li+].[Li+]. The third kappa shape index (κ3) is 16.7. The van der Waals surface area contributed by atoms with Crippen LogP contribution < -0.4 is 47.9 Å².